The fourth-order valence-corrected chi connectivity index (χ4v) is 2.61. The van der Waals surface area contributed by atoms with Crippen molar-refractivity contribution >= 4 is 27.6 Å². The van der Waals surface area contributed by atoms with Gasteiger partial charge in [0.05, 0.1) is 18.4 Å². The highest BCUT2D eigenvalue weighted by Gasteiger charge is 2.16. The van der Waals surface area contributed by atoms with E-state index in [1.54, 1.807) is 25.3 Å². The highest BCUT2D eigenvalue weighted by atomic mass is 79.9. The van der Waals surface area contributed by atoms with Gasteiger partial charge in [0.15, 0.2) is 0 Å². The predicted molar refractivity (Wildman–Crippen MR) is 86.1 cm³/mol. The molecule has 110 valence electrons. The second kappa shape index (κ2) is 6.63. The maximum Gasteiger partial charge on any atom is 0.338 e. The summed E-state index contributed by atoms with van der Waals surface area (Å²) >= 11 is 3.28. The quantitative estimate of drug-likeness (QED) is 0.843. The monoisotopic (exact) mass is 349 g/mol. The van der Waals surface area contributed by atoms with Gasteiger partial charge in [-0.05, 0) is 52.7 Å². The lowest BCUT2D eigenvalue weighted by Crippen LogP contribution is -2.11. The number of methoxy groups -OCH3 is 1. The van der Waals surface area contributed by atoms with Gasteiger partial charge in [0.25, 0.3) is 0 Å². The number of aromatic carboxylic acids is 1. The van der Waals surface area contributed by atoms with Crippen molar-refractivity contribution in [3.63, 3.8) is 0 Å². The highest BCUT2D eigenvalue weighted by molar-refractivity contribution is 9.10. The minimum absolute atomic E-state index is 0.0247. The number of ether oxygens (including phenoxy) is 1. The Kier molecular flexibility index (Phi) is 4.85. The number of nitrogens with one attached hydrogen (secondary N) is 1. The van der Waals surface area contributed by atoms with E-state index < -0.39 is 5.97 Å². The Labute approximate surface area is 131 Å². The maximum absolute atomic E-state index is 11.4. The average Bonchev–Trinajstić information content (AvgIpc) is 2.47. The van der Waals surface area contributed by atoms with Crippen LogP contribution in [0.25, 0.3) is 0 Å². The lowest BCUT2D eigenvalue weighted by molar-refractivity contribution is 0.0697. The summed E-state index contributed by atoms with van der Waals surface area (Å²) < 4.78 is 5.69. The smallest absolute Gasteiger partial charge is 0.338 e. The largest absolute Gasteiger partial charge is 0.497 e. The van der Waals surface area contributed by atoms with Gasteiger partial charge in [-0.15, -0.1) is 0 Å². The van der Waals surface area contributed by atoms with E-state index in [0.29, 0.717) is 10.2 Å². The number of halogens is 1. The lowest BCUT2D eigenvalue weighted by atomic mass is 10.1. The van der Waals surface area contributed by atoms with Gasteiger partial charge in [0.2, 0.25) is 0 Å². The van der Waals surface area contributed by atoms with Gasteiger partial charge >= 0.3 is 5.97 Å². The molecule has 0 aromatic heterocycles. The molecule has 4 nitrogen and oxygen atoms in total. The predicted octanol–water partition coefficient (Wildman–Crippen LogP) is 4.33. The fourth-order valence-electron chi connectivity index (χ4n) is 2.07. The summed E-state index contributed by atoms with van der Waals surface area (Å²) in [6.07, 6.45) is 0. The molecular weight excluding hydrogens is 334 g/mol. The van der Waals surface area contributed by atoms with Crippen molar-refractivity contribution in [2.24, 2.45) is 0 Å². The highest BCUT2D eigenvalue weighted by Crippen LogP contribution is 2.28. The second-order valence-electron chi connectivity index (χ2n) is 4.61. The molecule has 0 heterocycles. The van der Waals surface area contributed by atoms with Crippen molar-refractivity contribution in [1.82, 2.24) is 0 Å². The minimum Gasteiger partial charge on any atom is -0.497 e. The molecule has 1 unspecified atom stereocenters. The molecule has 0 aliphatic heterocycles. The number of carbonyl (C=O) groups is 1. The minimum atomic E-state index is -0.966. The molecule has 0 spiro atoms. The summed E-state index contributed by atoms with van der Waals surface area (Å²) in [5.74, 6) is -0.175. The van der Waals surface area contributed by atoms with Crippen LogP contribution in [-0.2, 0) is 0 Å². The van der Waals surface area contributed by atoms with Crippen LogP contribution in [0.15, 0.2) is 46.9 Å². The molecular formula is C16H16BrNO3. The van der Waals surface area contributed by atoms with Crippen LogP contribution in [0.1, 0.15) is 28.9 Å². The number of hydrogen-bond acceptors (Lipinski definition) is 3. The van der Waals surface area contributed by atoms with Gasteiger partial charge < -0.3 is 15.2 Å². The molecule has 2 N–H and O–H groups in total. The summed E-state index contributed by atoms with van der Waals surface area (Å²) in [5.41, 5.74) is 1.87. The van der Waals surface area contributed by atoms with E-state index >= 15 is 0 Å². The summed E-state index contributed by atoms with van der Waals surface area (Å²) in [6.45, 7) is 1.98. The van der Waals surface area contributed by atoms with E-state index in [4.69, 9.17) is 4.74 Å². The molecule has 0 bridgehead atoms. The second-order valence-corrected chi connectivity index (χ2v) is 5.46. The number of carboxylic acids is 1. The Morgan fingerprint density at radius 3 is 2.48 bits per heavy atom. The first-order valence-corrected chi connectivity index (χ1v) is 7.24. The van der Waals surface area contributed by atoms with Crippen LogP contribution in [0.2, 0.25) is 0 Å². The number of hydrogen-bond donors (Lipinski definition) is 2. The van der Waals surface area contributed by atoms with Crippen molar-refractivity contribution in [2.75, 3.05) is 12.4 Å². The van der Waals surface area contributed by atoms with Crippen LogP contribution >= 0.6 is 15.9 Å². The number of carboxylic acid groups (broad SMARTS) is 1. The molecule has 5 heteroatoms. The molecule has 0 aliphatic rings. The molecule has 0 radical (unpaired) electrons. The zero-order valence-electron chi connectivity index (χ0n) is 11.8. The molecule has 1 atom stereocenters. The molecule has 0 fully saturated rings. The molecule has 0 aliphatic carbocycles. The van der Waals surface area contributed by atoms with E-state index in [1.165, 1.54) is 0 Å². The van der Waals surface area contributed by atoms with Crippen molar-refractivity contribution in [2.45, 2.75) is 13.0 Å². The van der Waals surface area contributed by atoms with E-state index in [2.05, 4.69) is 21.2 Å². The fraction of sp³-hybridized carbons (Fsp3) is 0.188. The van der Waals surface area contributed by atoms with Gasteiger partial charge in [-0.2, -0.15) is 0 Å². The summed E-state index contributed by atoms with van der Waals surface area (Å²) in [5, 5.41) is 12.5. The van der Waals surface area contributed by atoms with E-state index in [9.17, 15) is 9.90 Å². The molecule has 0 amide bonds. The SMILES string of the molecule is COc1ccc(C(C)Nc2cccc(Br)c2C(=O)O)cc1. The lowest BCUT2D eigenvalue weighted by Gasteiger charge is -2.18. The van der Waals surface area contributed by atoms with E-state index in [0.717, 1.165) is 11.3 Å². The van der Waals surface area contributed by atoms with Crippen LogP contribution in [0.4, 0.5) is 5.69 Å². The molecule has 21 heavy (non-hydrogen) atoms. The normalized spacial score (nSPS) is 11.8. The summed E-state index contributed by atoms with van der Waals surface area (Å²) in [7, 11) is 1.62. The Bertz CT molecular complexity index is 640. The van der Waals surface area contributed by atoms with E-state index in [-0.39, 0.29) is 11.6 Å². The van der Waals surface area contributed by atoms with Crippen molar-refractivity contribution in [3.8, 4) is 5.75 Å². The topological polar surface area (TPSA) is 58.6 Å². The summed E-state index contributed by atoms with van der Waals surface area (Å²) in [6, 6.07) is 12.9. The Balaban J connectivity index is 2.24. The first-order chi connectivity index (χ1) is 10.0. The van der Waals surface area contributed by atoms with Crippen molar-refractivity contribution in [1.29, 1.82) is 0 Å². The van der Waals surface area contributed by atoms with Gasteiger partial charge in [0.1, 0.15) is 5.75 Å². The Morgan fingerprint density at radius 1 is 1.24 bits per heavy atom. The van der Waals surface area contributed by atoms with E-state index in [1.807, 2.05) is 31.2 Å². The third-order valence-electron chi connectivity index (χ3n) is 3.22. The molecule has 0 saturated heterocycles. The van der Waals surface area contributed by atoms with Gasteiger partial charge in [-0.1, -0.05) is 18.2 Å². The number of benzene rings is 2. The zero-order chi connectivity index (χ0) is 15.4. The van der Waals surface area contributed by atoms with Crippen molar-refractivity contribution in [3.05, 3.63) is 58.1 Å². The molecule has 0 saturated carbocycles. The van der Waals surface area contributed by atoms with Crippen LogP contribution in [0, 0.1) is 0 Å². The van der Waals surface area contributed by atoms with Gasteiger partial charge in [-0.3, -0.25) is 0 Å². The third kappa shape index (κ3) is 3.55. The van der Waals surface area contributed by atoms with Crippen LogP contribution < -0.4 is 10.1 Å². The number of rotatable bonds is 5. The first kappa shape index (κ1) is 15.4. The first-order valence-electron chi connectivity index (χ1n) is 6.45. The average molecular weight is 350 g/mol. The number of anilines is 1. The van der Waals surface area contributed by atoms with Gasteiger partial charge in [-0.25, -0.2) is 4.79 Å². The molecule has 2 rings (SSSR count). The maximum atomic E-state index is 11.4. The standard InChI is InChI=1S/C16H16BrNO3/c1-10(11-6-8-12(21-2)9-7-11)18-14-5-3-4-13(17)15(14)16(19)20/h3-10,18H,1-2H3,(H,19,20). The van der Waals surface area contributed by atoms with Crippen molar-refractivity contribution < 1.29 is 14.6 Å². The third-order valence-corrected chi connectivity index (χ3v) is 3.88. The molecule has 2 aromatic carbocycles. The van der Waals surface area contributed by atoms with Crippen LogP contribution in [-0.4, -0.2) is 18.2 Å². The van der Waals surface area contributed by atoms with Crippen LogP contribution in [0.3, 0.4) is 0 Å². The zero-order valence-corrected chi connectivity index (χ0v) is 13.3. The Morgan fingerprint density at radius 2 is 1.90 bits per heavy atom. The molecule has 2 aromatic rings. The van der Waals surface area contributed by atoms with Crippen LogP contribution in [0.5, 0.6) is 5.75 Å². The van der Waals surface area contributed by atoms with Gasteiger partial charge in [0, 0.05) is 10.5 Å². The Hall–Kier alpha value is -2.01. The summed E-state index contributed by atoms with van der Waals surface area (Å²) in [4.78, 5) is 11.4.